The summed E-state index contributed by atoms with van der Waals surface area (Å²) in [6, 6.07) is 4.22. The van der Waals surface area contributed by atoms with Crippen molar-refractivity contribution >= 4 is 0 Å². The maximum absolute atomic E-state index is 5.56. The highest BCUT2D eigenvalue weighted by Crippen LogP contribution is 2.02. The van der Waals surface area contributed by atoms with Crippen molar-refractivity contribution in [1.82, 2.24) is 9.88 Å². The Morgan fingerprint density at radius 1 is 1.47 bits per heavy atom. The highest BCUT2D eigenvalue weighted by Gasteiger charge is 1.99. The summed E-state index contributed by atoms with van der Waals surface area (Å²) in [4.78, 5) is 0. The Morgan fingerprint density at radius 2 is 2.27 bits per heavy atom. The summed E-state index contributed by atoms with van der Waals surface area (Å²) >= 11 is 0. The lowest BCUT2D eigenvalue weighted by atomic mass is 10.2. The van der Waals surface area contributed by atoms with Crippen LogP contribution in [0.5, 0.6) is 0 Å². The van der Waals surface area contributed by atoms with Gasteiger partial charge in [0, 0.05) is 31.6 Å². The Bertz CT molecular complexity index is 268. The van der Waals surface area contributed by atoms with E-state index in [0.717, 1.165) is 26.3 Å². The van der Waals surface area contributed by atoms with Gasteiger partial charge in [-0.2, -0.15) is 0 Å². The van der Waals surface area contributed by atoms with E-state index in [0.29, 0.717) is 5.92 Å². The van der Waals surface area contributed by atoms with Crippen LogP contribution in [-0.4, -0.2) is 24.8 Å². The molecule has 1 heterocycles. The highest BCUT2D eigenvalue weighted by atomic mass is 16.5. The van der Waals surface area contributed by atoms with Gasteiger partial charge >= 0.3 is 0 Å². The summed E-state index contributed by atoms with van der Waals surface area (Å²) in [5.41, 5.74) is 1.31. The van der Waals surface area contributed by atoms with Gasteiger partial charge in [0.15, 0.2) is 0 Å². The highest BCUT2D eigenvalue weighted by molar-refractivity contribution is 5.06. The third-order valence-corrected chi connectivity index (χ3v) is 2.21. The van der Waals surface area contributed by atoms with Crippen LogP contribution < -0.4 is 5.32 Å². The van der Waals surface area contributed by atoms with Crippen LogP contribution >= 0.6 is 0 Å². The standard InChI is InChI=1S/C12H22N2O/c1-11(2)10-15-8-7-14-6-4-5-12(14)9-13-3/h4-6,11,13H,7-10H2,1-3H3. The number of hydrogen-bond donors (Lipinski definition) is 1. The summed E-state index contributed by atoms with van der Waals surface area (Å²) in [6.07, 6.45) is 2.10. The van der Waals surface area contributed by atoms with E-state index in [2.05, 4.69) is 42.1 Å². The fourth-order valence-electron chi connectivity index (χ4n) is 1.49. The van der Waals surface area contributed by atoms with E-state index in [4.69, 9.17) is 4.74 Å². The van der Waals surface area contributed by atoms with Crippen LogP contribution in [0.1, 0.15) is 19.5 Å². The zero-order valence-electron chi connectivity index (χ0n) is 9.99. The average molecular weight is 210 g/mol. The minimum atomic E-state index is 0.617. The number of ether oxygens (including phenoxy) is 1. The molecule has 0 aliphatic rings. The molecule has 0 fully saturated rings. The van der Waals surface area contributed by atoms with E-state index in [1.165, 1.54) is 5.69 Å². The first-order chi connectivity index (χ1) is 7.24. The molecule has 1 aromatic rings. The SMILES string of the molecule is CNCc1cccn1CCOCC(C)C. The molecule has 0 atom stereocenters. The number of nitrogens with one attached hydrogen (secondary N) is 1. The molecule has 0 aliphatic heterocycles. The third-order valence-electron chi connectivity index (χ3n) is 2.21. The van der Waals surface area contributed by atoms with Crippen molar-refractivity contribution in [2.75, 3.05) is 20.3 Å². The van der Waals surface area contributed by atoms with Crippen LogP contribution in [0, 0.1) is 5.92 Å². The van der Waals surface area contributed by atoms with Crippen LogP contribution in [0.3, 0.4) is 0 Å². The Labute approximate surface area is 92.4 Å². The van der Waals surface area contributed by atoms with Gasteiger partial charge in [-0.3, -0.25) is 0 Å². The molecule has 3 nitrogen and oxygen atoms in total. The van der Waals surface area contributed by atoms with Gasteiger partial charge in [-0.25, -0.2) is 0 Å². The van der Waals surface area contributed by atoms with Crippen LogP contribution in [0.25, 0.3) is 0 Å². The minimum Gasteiger partial charge on any atom is -0.379 e. The summed E-state index contributed by atoms with van der Waals surface area (Å²) < 4.78 is 7.79. The van der Waals surface area contributed by atoms with Crippen LogP contribution in [0.2, 0.25) is 0 Å². The molecule has 0 radical (unpaired) electrons. The van der Waals surface area contributed by atoms with E-state index in [9.17, 15) is 0 Å². The van der Waals surface area contributed by atoms with E-state index in [1.54, 1.807) is 0 Å². The fraction of sp³-hybridized carbons (Fsp3) is 0.667. The second-order valence-corrected chi connectivity index (χ2v) is 4.19. The summed E-state index contributed by atoms with van der Waals surface area (Å²) in [5, 5.41) is 3.16. The third kappa shape index (κ3) is 4.49. The zero-order chi connectivity index (χ0) is 11.1. The topological polar surface area (TPSA) is 26.2 Å². The molecule has 0 aliphatic carbocycles. The number of nitrogens with zero attached hydrogens (tertiary/aromatic N) is 1. The summed E-state index contributed by atoms with van der Waals surface area (Å²) in [5.74, 6) is 0.617. The molecule has 0 bridgehead atoms. The van der Waals surface area contributed by atoms with Crippen molar-refractivity contribution in [2.45, 2.75) is 26.9 Å². The van der Waals surface area contributed by atoms with Gasteiger partial charge in [-0.15, -0.1) is 0 Å². The monoisotopic (exact) mass is 210 g/mol. The normalized spacial score (nSPS) is 11.2. The van der Waals surface area contributed by atoms with Gasteiger partial charge in [0.25, 0.3) is 0 Å². The second kappa shape index (κ2) is 6.64. The maximum Gasteiger partial charge on any atom is 0.0645 e. The Hall–Kier alpha value is -0.800. The fourth-order valence-corrected chi connectivity index (χ4v) is 1.49. The quantitative estimate of drug-likeness (QED) is 0.695. The Kier molecular flexibility index (Phi) is 5.43. The molecule has 0 amide bonds. The zero-order valence-corrected chi connectivity index (χ0v) is 9.99. The summed E-state index contributed by atoms with van der Waals surface area (Å²) in [6.45, 7) is 7.84. The van der Waals surface area contributed by atoms with Crippen molar-refractivity contribution in [3.63, 3.8) is 0 Å². The molecule has 1 rings (SSSR count). The first kappa shape index (κ1) is 12.3. The van der Waals surface area contributed by atoms with Crippen molar-refractivity contribution in [2.24, 2.45) is 5.92 Å². The predicted octanol–water partition coefficient (Wildman–Crippen LogP) is 1.88. The van der Waals surface area contributed by atoms with E-state index >= 15 is 0 Å². The molecule has 0 aromatic carbocycles. The van der Waals surface area contributed by atoms with Crippen molar-refractivity contribution in [1.29, 1.82) is 0 Å². The smallest absolute Gasteiger partial charge is 0.0645 e. The van der Waals surface area contributed by atoms with E-state index < -0.39 is 0 Å². The average Bonchev–Trinajstić information content (AvgIpc) is 2.61. The predicted molar refractivity (Wildman–Crippen MR) is 62.9 cm³/mol. The lowest BCUT2D eigenvalue weighted by molar-refractivity contribution is 0.103. The lowest BCUT2D eigenvalue weighted by Crippen LogP contribution is -2.14. The number of hydrogen-bond acceptors (Lipinski definition) is 2. The van der Waals surface area contributed by atoms with Crippen LogP contribution in [0.4, 0.5) is 0 Å². The molecular formula is C12H22N2O. The van der Waals surface area contributed by atoms with Crippen LogP contribution in [0.15, 0.2) is 18.3 Å². The minimum absolute atomic E-state index is 0.617. The van der Waals surface area contributed by atoms with Crippen molar-refractivity contribution in [3.8, 4) is 0 Å². The molecule has 0 spiro atoms. The second-order valence-electron chi connectivity index (χ2n) is 4.19. The molecular weight excluding hydrogens is 188 g/mol. The maximum atomic E-state index is 5.56. The number of rotatable bonds is 7. The van der Waals surface area contributed by atoms with Gasteiger partial charge in [0.1, 0.15) is 0 Å². The first-order valence-electron chi connectivity index (χ1n) is 5.60. The largest absolute Gasteiger partial charge is 0.379 e. The molecule has 0 saturated carbocycles. The number of aromatic nitrogens is 1. The van der Waals surface area contributed by atoms with E-state index in [1.807, 2.05) is 7.05 Å². The molecule has 1 aromatic heterocycles. The van der Waals surface area contributed by atoms with Gasteiger partial charge in [-0.05, 0) is 25.1 Å². The van der Waals surface area contributed by atoms with Crippen molar-refractivity contribution < 1.29 is 4.74 Å². The molecule has 86 valence electrons. The van der Waals surface area contributed by atoms with Crippen molar-refractivity contribution in [3.05, 3.63) is 24.0 Å². The Morgan fingerprint density at radius 3 is 2.93 bits per heavy atom. The summed E-state index contributed by atoms with van der Waals surface area (Å²) in [7, 11) is 1.96. The van der Waals surface area contributed by atoms with E-state index in [-0.39, 0.29) is 0 Å². The molecule has 15 heavy (non-hydrogen) atoms. The van der Waals surface area contributed by atoms with Gasteiger partial charge in [0.05, 0.1) is 6.61 Å². The molecule has 3 heteroatoms. The molecule has 1 N–H and O–H groups in total. The van der Waals surface area contributed by atoms with Gasteiger partial charge in [-0.1, -0.05) is 13.8 Å². The molecule has 0 unspecified atom stereocenters. The first-order valence-corrected chi connectivity index (χ1v) is 5.60. The molecule has 0 saturated heterocycles. The Balaban J connectivity index is 2.27. The lowest BCUT2D eigenvalue weighted by Gasteiger charge is -2.10. The van der Waals surface area contributed by atoms with Gasteiger partial charge in [0.2, 0.25) is 0 Å². The van der Waals surface area contributed by atoms with Gasteiger partial charge < -0.3 is 14.6 Å². The van der Waals surface area contributed by atoms with Crippen LogP contribution in [-0.2, 0) is 17.8 Å².